The summed E-state index contributed by atoms with van der Waals surface area (Å²) < 4.78 is 5.96. The van der Waals surface area contributed by atoms with E-state index in [0.29, 0.717) is 5.22 Å². The lowest BCUT2D eigenvalue weighted by molar-refractivity contribution is -0.00721. The van der Waals surface area contributed by atoms with E-state index < -0.39 is 8.07 Å². The van der Waals surface area contributed by atoms with Crippen LogP contribution in [0.5, 0.6) is 0 Å². The first kappa shape index (κ1) is 12.5. The lowest BCUT2D eigenvalue weighted by atomic mass is 10.1. The molecule has 1 nitrogen and oxygen atoms in total. The molecule has 0 amide bonds. The maximum Gasteiger partial charge on any atom is 0.0588 e. The van der Waals surface area contributed by atoms with Crippen molar-refractivity contribution in [2.45, 2.75) is 63.1 Å². The largest absolute Gasteiger partial charge is 0.379 e. The van der Waals surface area contributed by atoms with Crippen molar-refractivity contribution in [2.24, 2.45) is 0 Å². The Hall–Kier alpha value is 0.394. The molecule has 84 valence electrons. The number of ether oxygens (including phenoxy) is 1. The third kappa shape index (κ3) is 4.76. The van der Waals surface area contributed by atoms with E-state index in [4.69, 9.17) is 4.74 Å². The van der Waals surface area contributed by atoms with Crippen molar-refractivity contribution >= 4 is 17.6 Å². The lowest BCUT2D eigenvalue weighted by Crippen LogP contribution is -2.39. The minimum atomic E-state index is -0.796. The first-order valence-electron chi connectivity index (χ1n) is 6.05. The Bertz CT molecular complexity index is 169. The van der Waals surface area contributed by atoms with Gasteiger partial charge in [0.1, 0.15) is 0 Å². The predicted molar refractivity (Wildman–Crippen MR) is 69.7 cm³/mol. The van der Waals surface area contributed by atoms with Crippen molar-refractivity contribution in [1.29, 1.82) is 0 Å². The smallest absolute Gasteiger partial charge is 0.0588 e. The highest BCUT2D eigenvalue weighted by Crippen LogP contribution is 2.25. The molecule has 1 atom stereocenters. The van der Waals surface area contributed by atoms with Crippen LogP contribution in [0.25, 0.3) is 0 Å². The SMILES string of the molecule is CC1([SiH2]CC[Si](C)(C)C)CCCCO1. The van der Waals surface area contributed by atoms with Crippen molar-refractivity contribution < 1.29 is 4.74 Å². The van der Waals surface area contributed by atoms with Crippen LogP contribution in [0.2, 0.25) is 31.7 Å². The van der Waals surface area contributed by atoms with E-state index in [2.05, 4.69) is 26.6 Å². The summed E-state index contributed by atoms with van der Waals surface area (Å²) in [4.78, 5) is 0. The fraction of sp³-hybridized carbons (Fsp3) is 1.00. The standard InChI is InChI=1S/C11H26OSi2/c1-11(7-5-6-8-12-11)13-9-10-14(2,3)4/h5-10,13H2,1-4H3. The van der Waals surface area contributed by atoms with Crippen LogP contribution in [-0.2, 0) is 4.74 Å². The van der Waals surface area contributed by atoms with E-state index in [-0.39, 0.29) is 9.52 Å². The third-order valence-corrected chi connectivity index (χ3v) is 8.07. The molecule has 0 aromatic rings. The summed E-state index contributed by atoms with van der Waals surface area (Å²) in [5.74, 6) is 0. The monoisotopic (exact) mass is 230 g/mol. The molecule has 1 heterocycles. The van der Waals surface area contributed by atoms with Gasteiger partial charge in [0.25, 0.3) is 0 Å². The summed E-state index contributed by atoms with van der Waals surface area (Å²) >= 11 is 0. The summed E-state index contributed by atoms with van der Waals surface area (Å²) in [6.45, 7) is 10.8. The van der Waals surface area contributed by atoms with Gasteiger partial charge < -0.3 is 4.74 Å². The Morgan fingerprint density at radius 2 is 2.00 bits per heavy atom. The van der Waals surface area contributed by atoms with Gasteiger partial charge in [-0.3, -0.25) is 0 Å². The molecular formula is C11H26OSi2. The fourth-order valence-corrected chi connectivity index (χ4v) is 8.67. The normalized spacial score (nSPS) is 30.0. The second-order valence-corrected chi connectivity index (χ2v) is 14.5. The zero-order valence-electron chi connectivity index (χ0n) is 10.4. The van der Waals surface area contributed by atoms with E-state index in [1.807, 2.05) is 0 Å². The van der Waals surface area contributed by atoms with Gasteiger partial charge in [0.2, 0.25) is 0 Å². The van der Waals surface area contributed by atoms with E-state index in [9.17, 15) is 0 Å². The molecule has 1 fully saturated rings. The Labute approximate surface area is 92.5 Å². The molecule has 0 aromatic carbocycles. The van der Waals surface area contributed by atoms with Crippen LogP contribution in [0.1, 0.15) is 26.2 Å². The quantitative estimate of drug-likeness (QED) is 0.675. The van der Waals surface area contributed by atoms with E-state index >= 15 is 0 Å². The zero-order chi connectivity index (χ0) is 10.7. The average Bonchev–Trinajstić information content (AvgIpc) is 2.02. The molecule has 0 saturated carbocycles. The van der Waals surface area contributed by atoms with Crippen LogP contribution >= 0.6 is 0 Å². The van der Waals surface area contributed by atoms with Crippen LogP contribution in [-0.4, -0.2) is 29.4 Å². The third-order valence-electron chi connectivity index (χ3n) is 3.18. The topological polar surface area (TPSA) is 9.23 Å². The summed E-state index contributed by atoms with van der Waals surface area (Å²) in [5.41, 5.74) is 0. The van der Waals surface area contributed by atoms with Crippen molar-refractivity contribution in [3.8, 4) is 0 Å². The highest BCUT2D eigenvalue weighted by Gasteiger charge is 2.28. The van der Waals surface area contributed by atoms with Crippen LogP contribution in [0.15, 0.2) is 0 Å². The van der Waals surface area contributed by atoms with Crippen molar-refractivity contribution in [3.05, 3.63) is 0 Å². The Morgan fingerprint density at radius 3 is 2.50 bits per heavy atom. The minimum Gasteiger partial charge on any atom is -0.379 e. The summed E-state index contributed by atoms with van der Waals surface area (Å²) in [7, 11) is -0.794. The van der Waals surface area contributed by atoms with E-state index in [1.165, 1.54) is 31.4 Å². The molecular weight excluding hydrogens is 204 g/mol. The number of rotatable bonds is 4. The Balaban J connectivity index is 2.22. The van der Waals surface area contributed by atoms with Gasteiger partial charge in [-0.15, -0.1) is 0 Å². The summed E-state index contributed by atoms with van der Waals surface area (Å²) in [6, 6.07) is 3.02. The van der Waals surface area contributed by atoms with Gasteiger partial charge in [0.05, 0.1) is 9.52 Å². The van der Waals surface area contributed by atoms with Gasteiger partial charge in [-0.1, -0.05) is 31.7 Å². The first-order chi connectivity index (χ1) is 6.41. The van der Waals surface area contributed by atoms with Crippen molar-refractivity contribution in [2.75, 3.05) is 6.61 Å². The molecule has 3 heteroatoms. The zero-order valence-corrected chi connectivity index (χ0v) is 12.8. The van der Waals surface area contributed by atoms with Gasteiger partial charge in [-0.05, 0) is 26.2 Å². The van der Waals surface area contributed by atoms with Crippen LogP contribution in [0, 0.1) is 0 Å². The molecule has 0 spiro atoms. The molecule has 0 bridgehead atoms. The van der Waals surface area contributed by atoms with Crippen molar-refractivity contribution in [3.63, 3.8) is 0 Å². The average molecular weight is 230 g/mol. The van der Waals surface area contributed by atoms with E-state index in [1.54, 1.807) is 0 Å². The number of hydrogen-bond acceptors (Lipinski definition) is 1. The van der Waals surface area contributed by atoms with Gasteiger partial charge in [0, 0.05) is 19.9 Å². The minimum absolute atomic E-state index is 0.00177. The molecule has 1 aliphatic heterocycles. The van der Waals surface area contributed by atoms with Crippen molar-refractivity contribution in [1.82, 2.24) is 0 Å². The maximum absolute atomic E-state index is 5.96. The van der Waals surface area contributed by atoms with Gasteiger partial charge >= 0.3 is 0 Å². The molecule has 0 aliphatic carbocycles. The molecule has 1 aliphatic rings. The fourth-order valence-electron chi connectivity index (χ4n) is 2.18. The van der Waals surface area contributed by atoms with E-state index in [0.717, 1.165) is 6.61 Å². The summed E-state index contributed by atoms with van der Waals surface area (Å²) in [6.07, 6.45) is 4.03. The molecule has 1 saturated heterocycles. The molecule has 0 radical (unpaired) electrons. The Morgan fingerprint density at radius 1 is 1.29 bits per heavy atom. The molecule has 0 aromatic heterocycles. The molecule has 14 heavy (non-hydrogen) atoms. The highest BCUT2D eigenvalue weighted by atomic mass is 28.3. The molecule has 1 rings (SSSR count). The second kappa shape index (κ2) is 4.95. The Kier molecular flexibility index (Phi) is 4.40. The van der Waals surface area contributed by atoms with Crippen LogP contribution in [0.4, 0.5) is 0 Å². The van der Waals surface area contributed by atoms with Gasteiger partial charge in [-0.25, -0.2) is 0 Å². The van der Waals surface area contributed by atoms with Crippen LogP contribution < -0.4 is 0 Å². The highest BCUT2D eigenvalue weighted by molar-refractivity contribution is 6.76. The van der Waals surface area contributed by atoms with Gasteiger partial charge in [0.15, 0.2) is 0 Å². The summed E-state index contributed by atoms with van der Waals surface area (Å²) in [5, 5.41) is 0.359. The molecule has 1 unspecified atom stereocenters. The molecule has 0 N–H and O–H groups in total. The number of hydrogen-bond donors (Lipinski definition) is 0. The van der Waals surface area contributed by atoms with Gasteiger partial charge in [-0.2, -0.15) is 0 Å². The first-order valence-corrected chi connectivity index (χ1v) is 11.5. The lowest BCUT2D eigenvalue weighted by Gasteiger charge is -2.34. The second-order valence-electron chi connectivity index (χ2n) is 6.17. The maximum atomic E-state index is 5.96. The van der Waals surface area contributed by atoms with Crippen LogP contribution in [0.3, 0.4) is 0 Å². The predicted octanol–water partition coefficient (Wildman–Crippen LogP) is 2.83.